The molecule has 2 N–H and O–H groups in total. The summed E-state index contributed by atoms with van der Waals surface area (Å²) in [6.45, 7) is 9.99. The van der Waals surface area contributed by atoms with E-state index in [4.69, 9.17) is 0 Å². The maximum Gasteiger partial charge on any atom is 0.269 e. The summed E-state index contributed by atoms with van der Waals surface area (Å²) in [5.41, 5.74) is 1.40. The van der Waals surface area contributed by atoms with E-state index in [2.05, 4.69) is 36.4 Å². The first-order valence-corrected chi connectivity index (χ1v) is 6.52. The van der Waals surface area contributed by atoms with Crippen LogP contribution in [-0.2, 0) is 0 Å². The molecule has 0 fully saturated rings. The van der Waals surface area contributed by atoms with Crippen LogP contribution >= 0.6 is 0 Å². The van der Waals surface area contributed by atoms with Gasteiger partial charge < -0.3 is 10.6 Å². The van der Waals surface area contributed by atoms with Crippen molar-refractivity contribution in [1.82, 2.24) is 10.3 Å². The molecule has 0 saturated carbocycles. The maximum absolute atomic E-state index is 11.8. The van der Waals surface area contributed by atoms with Crippen molar-refractivity contribution < 1.29 is 4.79 Å². The molecule has 1 unspecified atom stereocenters. The Labute approximate surface area is 109 Å². The number of anilines is 1. The molecule has 0 aliphatic rings. The number of hydrogen-bond acceptors (Lipinski definition) is 3. The van der Waals surface area contributed by atoms with Crippen LogP contribution in [0, 0.1) is 11.8 Å². The highest BCUT2D eigenvalue weighted by Gasteiger charge is 2.11. The smallest absolute Gasteiger partial charge is 0.269 e. The van der Waals surface area contributed by atoms with Crippen molar-refractivity contribution in [1.29, 1.82) is 0 Å². The molecule has 1 atom stereocenters. The van der Waals surface area contributed by atoms with Gasteiger partial charge in [-0.05, 0) is 30.9 Å². The molecule has 1 amide bonds. The molecule has 0 saturated heterocycles. The van der Waals surface area contributed by atoms with Crippen LogP contribution in [0.25, 0.3) is 0 Å². The Kier molecular flexibility index (Phi) is 5.62. The molecule has 0 aliphatic heterocycles. The van der Waals surface area contributed by atoms with Crippen LogP contribution in [0.3, 0.4) is 0 Å². The summed E-state index contributed by atoms with van der Waals surface area (Å²) in [5.74, 6) is 0.926. The summed E-state index contributed by atoms with van der Waals surface area (Å²) in [6, 6.07) is 3.62. The van der Waals surface area contributed by atoms with Crippen molar-refractivity contribution in [2.45, 2.75) is 27.7 Å². The van der Waals surface area contributed by atoms with Gasteiger partial charge in [-0.25, -0.2) is 4.98 Å². The quantitative estimate of drug-likeness (QED) is 0.814. The van der Waals surface area contributed by atoms with Gasteiger partial charge in [0.2, 0.25) is 0 Å². The summed E-state index contributed by atoms with van der Waals surface area (Å²) in [5, 5.41) is 6.05. The van der Waals surface area contributed by atoms with Crippen LogP contribution < -0.4 is 10.6 Å². The number of amides is 1. The number of rotatable bonds is 6. The monoisotopic (exact) mass is 249 g/mol. The van der Waals surface area contributed by atoms with Crippen LogP contribution in [0.15, 0.2) is 18.3 Å². The largest absolute Gasteiger partial charge is 0.384 e. The van der Waals surface area contributed by atoms with E-state index in [1.165, 1.54) is 0 Å². The average molecular weight is 249 g/mol. The van der Waals surface area contributed by atoms with E-state index >= 15 is 0 Å². The SMILES string of the molecule is CCNc1ccc(C(=O)NCC(C)C(C)C)nc1. The van der Waals surface area contributed by atoms with Crippen molar-refractivity contribution in [2.75, 3.05) is 18.4 Å². The fourth-order valence-electron chi connectivity index (χ4n) is 1.42. The number of nitrogens with one attached hydrogen (secondary N) is 2. The van der Waals surface area contributed by atoms with Gasteiger partial charge in [0.1, 0.15) is 5.69 Å². The lowest BCUT2D eigenvalue weighted by Crippen LogP contribution is -2.30. The van der Waals surface area contributed by atoms with E-state index in [1.807, 2.05) is 13.0 Å². The number of pyridine rings is 1. The topological polar surface area (TPSA) is 54.0 Å². The Morgan fingerprint density at radius 3 is 2.56 bits per heavy atom. The van der Waals surface area contributed by atoms with Gasteiger partial charge in [0, 0.05) is 13.1 Å². The molecule has 100 valence electrons. The normalized spacial score (nSPS) is 12.3. The van der Waals surface area contributed by atoms with E-state index in [1.54, 1.807) is 12.3 Å². The zero-order valence-corrected chi connectivity index (χ0v) is 11.7. The predicted molar refractivity (Wildman–Crippen MR) is 74.7 cm³/mol. The highest BCUT2D eigenvalue weighted by atomic mass is 16.1. The molecule has 4 nitrogen and oxygen atoms in total. The molecule has 0 aliphatic carbocycles. The van der Waals surface area contributed by atoms with Crippen molar-refractivity contribution >= 4 is 11.6 Å². The van der Waals surface area contributed by atoms with Crippen LogP contribution in [0.2, 0.25) is 0 Å². The fourth-order valence-corrected chi connectivity index (χ4v) is 1.42. The standard InChI is InChI=1S/C14H23N3O/c1-5-15-12-6-7-13(16-9-12)14(18)17-8-11(4)10(2)3/h6-7,9-11,15H,5,8H2,1-4H3,(H,17,18). The van der Waals surface area contributed by atoms with Gasteiger partial charge in [-0.2, -0.15) is 0 Å². The predicted octanol–water partition coefficient (Wildman–Crippen LogP) is 2.54. The lowest BCUT2D eigenvalue weighted by Gasteiger charge is -2.15. The van der Waals surface area contributed by atoms with E-state index in [-0.39, 0.29) is 5.91 Å². The molecule has 1 aromatic rings. The fraction of sp³-hybridized carbons (Fsp3) is 0.571. The average Bonchev–Trinajstić information content (AvgIpc) is 2.36. The highest BCUT2D eigenvalue weighted by molar-refractivity contribution is 5.92. The first-order valence-electron chi connectivity index (χ1n) is 6.52. The lowest BCUT2D eigenvalue weighted by molar-refractivity contribution is 0.0940. The van der Waals surface area contributed by atoms with E-state index < -0.39 is 0 Å². The second kappa shape index (κ2) is 6.99. The minimum atomic E-state index is -0.106. The second-order valence-electron chi connectivity index (χ2n) is 4.89. The van der Waals surface area contributed by atoms with Crippen LogP contribution in [0.5, 0.6) is 0 Å². The van der Waals surface area contributed by atoms with Gasteiger partial charge in [-0.3, -0.25) is 4.79 Å². The highest BCUT2D eigenvalue weighted by Crippen LogP contribution is 2.09. The Morgan fingerprint density at radius 2 is 2.06 bits per heavy atom. The number of hydrogen-bond donors (Lipinski definition) is 2. The molecule has 0 bridgehead atoms. The van der Waals surface area contributed by atoms with Crippen molar-refractivity contribution in [3.8, 4) is 0 Å². The number of aromatic nitrogens is 1. The second-order valence-corrected chi connectivity index (χ2v) is 4.89. The van der Waals surface area contributed by atoms with Crippen LogP contribution in [-0.4, -0.2) is 24.0 Å². The molecule has 0 aromatic carbocycles. The van der Waals surface area contributed by atoms with E-state index in [9.17, 15) is 4.79 Å². The number of carbonyl (C=O) groups excluding carboxylic acids is 1. The molecule has 0 radical (unpaired) electrons. The molecule has 1 aromatic heterocycles. The molecule has 0 spiro atoms. The van der Waals surface area contributed by atoms with Gasteiger partial charge in [0.25, 0.3) is 5.91 Å². The third-order valence-corrected chi connectivity index (χ3v) is 3.10. The Morgan fingerprint density at radius 1 is 1.33 bits per heavy atom. The minimum absolute atomic E-state index is 0.106. The number of nitrogens with zero attached hydrogens (tertiary/aromatic N) is 1. The number of carbonyl (C=O) groups is 1. The van der Waals surface area contributed by atoms with Gasteiger partial charge in [-0.1, -0.05) is 20.8 Å². The van der Waals surface area contributed by atoms with Gasteiger partial charge >= 0.3 is 0 Å². The van der Waals surface area contributed by atoms with E-state index in [0.717, 1.165) is 12.2 Å². The lowest BCUT2D eigenvalue weighted by atomic mass is 9.98. The Bertz CT molecular complexity index is 373. The summed E-state index contributed by atoms with van der Waals surface area (Å²) in [7, 11) is 0. The van der Waals surface area contributed by atoms with Crippen molar-refractivity contribution in [2.24, 2.45) is 11.8 Å². The van der Waals surface area contributed by atoms with Crippen LogP contribution in [0.4, 0.5) is 5.69 Å². The van der Waals surface area contributed by atoms with Gasteiger partial charge in [0.05, 0.1) is 11.9 Å². The Hall–Kier alpha value is -1.58. The zero-order valence-electron chi connectivity index (χ0n) is 11.7. The van der Waals surface area contributed by atoms with Crippen molar-refractivity contribution in [3.05, 3.63) is 24.0 Å². The Balaban J connectivity index is 2.51. The molecule has 1 heterocycles. The first kappa shape index (κ1) is 14.5. The first-order chi connectivity index (χ1) is 8.54. The molecular weight excluding hydrogens is 226 g/mol. The summed E-state index contributed by atoms with van der Waals surface area (Å²) < 4.78 is 0. The third kappa shape index (κ3) is 4.35. The van der Waals surface area contributed by atoms with E-state index in [0.29, 0.717) is 24.1 Å². The zero-order chi connectivity index (χ0) is 13.5. The van der Waals surface area contributed by atoms with Gasteiger partial charge in [-0.15, -0.1) is 0 Å². The minimum Gasteiger partial charge on any atom is -0.384 e. The summed E-state index contributed by atoms with van der Waals surface area (Å²) in [4.78, 5) is 16.0. The third-order valence-electron chi connectivity index (χ3n) is 3.10. The summed E-state index contributed by atoms with van der Waals surface area (Å²) >= 11 is 0. The summed E-state index contributed by atoms with van der Waals surface area (Å²) in [6.07, 6.45) is 1.68. The maximum atomic E-state index is 11.8. The van der Waals surface area contributed by atoms with Gasteiger partial charge in [0.15, 0.2) is 0 Å². The van der Waals surface area contributed by atoms with Crippen molar-refractivity contribution in [3.63, 3.8) is 0 Å². The molecular formula is C14H23N3O. The molecule has 1 rings (SSSR count). The van der Waals surface area contributed by atoms with Crippen LogP contribution in [0.1, 0.15) is 38.2 Å². The molecule has 18 heavy (non-hydrogen) atoms. The molecule has 4 heteroatoms.